The normalized spacial score (nSPS) is 19.6. The first-order chi connectivity index (χ1) is 32.2. The minimum absolute atomic E-state index is 0.0165. The third-order valence-electron chi connectivity index (χ3n) is 11.3. The topological polar surface area (TPSA) is 137 Å². The summed E-state index contributed by atoms with van der Waals surface area (Å²) in [6, 6.07) is 60.8. The van der Waals surface area contributed by atoms with Crippen molar-refractivity contribution in [1.82, 2.24) is 0 Å². The molecule has 11 nitrogen and oxygen atoms in total. The van der Waals surface area contributed by atoms with Gasteiger partial charge < -0.3 is 33.2 Å². The van der Waals surface area contributed by atoms with E-state index >= 15 is 0 Å². The number of benzene rings is 6. The summed E-state index contributed by atoms with van der Waals surface area (Å²) in [4.78, 5) is 3.36. The van der Waals surface area contributed by atoms with E-state index in [9.17, 15) is 10.8 Å². The van der Waals surface area contributed by atoms with Crippen LogP contribution in [0.3, 0.4) is 0 Å². The van der Waals surface area contributed by atoms with Crippen LogP contribution in [0.2, 0.25) is 0 Å². The highest BCUT2D eigenvalue weighted by molar-refractivity contribution is 5.18. The van der Waals surface area contributed by atoms with E-state index in [0.717, 1.165) is 33.4 Å². The number of hydrogen-bond acceptors (Lipinski definition) is 9. The van der Waals surface area contributed by atoms with Crippen molar-refractivity contribution in [1.29, 1.82) is 5.26 Å². The first kappa shape index (κ1) is 46.8. The smallest absolute Gasteiger partial charge is 0.115 e. The maximum atomic E-state index is 10.3. The van der Waals surface area contributed by atoms with Crippen molar-refractivity contribution in [2.75, 3.05) is 6.61 Å². The van der Waals surface area contributed by atoms with Gasteiger partial charge in [-0.2, -0.15) is 5.26 Å². The van der Waals surface area contributed by atoms with Gasteiger partial charge >= 0.3 is 0 Å². The maximum Gasteiger partial charge on any atom is 0.115 e. The predicted molar refractivity (Wildman–Crippen MR) is 248 cm³/mol. The molecule has 1 heterocycles. The van der Waals surface area contributed by atoms with E-state index in [0.29, 0.717) is 6.61 Å². The third kappa shape index (κ3) is 14.7. The lowest BCUT2D eigenvalue weighted by Crippen LogP contribution is -2.62. The average Bonchev–Trinajstić information content (AvgIpc) is 3.36. The summed E-state index contributed by atoms with van der Waals surface area (Å²) in [7, 11) is 0. The van der Waals surface area contributed by atoms with Crippen LogP contribution in [0.4, 0.5) is 0 Å². The van der Waals surface area contributed by atoms with Gasteiger partial charge in [-0.3, -0.25) is 0 Å². The lowest BCUT2D eigenvalue weighted by atomic mass is 9.88. The fourth-order valence-corrected chi connectivity index (χ4v) is 8.00. The van der Waals surface area contributed by atoms with E-state index in [1.54, 1.807) is 0 Å². The fraction of sp³-hybridized carbons (Fsp3) is 0.315. The Bertz CT molecular complexity index is 2320. The van der Waals surface area contributed by atoms with E-state index in [-0.39, 0.29) is 52.5 Å². The molecule has 0 spiro atoms. The summed E-state index contributed by atoms with van der Waals surface area (Å²) in [6.45, 7) is 1.73. The van der Waals surface area contributed by atoms with Crippen LogP contribution in [0.15, 0.2) is 187 Å². The molecule has 334 valence electrons. The van der Waals surface area contributed by atoms with Crippen LogP contribution >= 0.6 is 0 Å². The van der Waals surface area contributed by atoms with Gasteiger partial charge in [-0.25, -0.2) is 0 Å². The molecular weight excluding hydrogens is 817 g/mol. The van der Waals surface area contributed by atoms with Crippen molar-refractivity contribution in [2.24, 2.45) is 5.11 Å². The zero-order valence-electron chi connectivity index (χ0n) is 36.4. The Hall–Kier alpha value is -6.16. The fourth-order valence-electron chi connectivity index (χ4n) is 8.00. The number of ether oxygens (including phenoxy) is 7. The monoisotopic (exact) mass is 872 g/mol. The SMILES string of the molecule is N#CC[C@@H](OCc1ccccc1)[C@H](OCc1ccccc1)[C@H](C[C@@H]1O[C@H](COCc2ccccc2)[C@@H](OCc2ccccc2)[C@H](OCc2ccccc2)[C@H]1OCc1ccccc1)N=[N+]=[N-]. The molecule has 6 aromatic carbocycles. The van der Waals surface area contributed by atoms with E-state index < -0.39 is 48.8 Å². The Kier molecular flexibility index (Phi) is 18.7. The summed E-state index contributed by atoms with van der Waals surface area (Å²) in [5.74, 6) is 0. The quantitative estimate of drug-likeness (QED) is 0.0315. The van der Waals surface area contributed by atoms with E-state index in [4.69, 9.17) is 33.2 Å². The van der Waals surface area contributed by atoms with Crippen LogP contribution in [0.5, 0.6) is 0 Å². The van der Waals surface area contributed by atoms with Crippen molar-refractivity contribution in [2.45, 2.75) is 101 Å². The lowest BCUT2D eigenvalue weighted by Gasteiger charge is -2.47. The van der Waals surface area contributed by atoms with Crippen molar-refractivity contribution in [3.05, 3.63) is 226 Å². The van der Waals surface area contributed by atoms with Crippen LogP contribution in [0.1, 0.15) is 46.2 Å². The van der Waals surface area contributed by atoms with Crippen LogP contribution < -0.4 is 0 Å². The molecule has 7 rings (SSSR count). The number of azide groups is 1. The zero-order chi connectivity index (χ0) is 44.7. The summed E-state index contributed by atoms with van der Waals surface area (Å²) >= 11 is 0. The van der Waals surface area contributed by atoms with Crippen molar-refractivity contribution >= 4 is 0 Å². The standard InChI is InChI=1S/C54H56N4O7/c55-32-31-48(60-35-42-21-9-2-10-22-42)51(61-36-43-23-11-3-12-24-43)47(57-58-56)33-49-52(62-37-44-25-13-4-14-26-44)54(64-39-46-29-17-6-18-30-46)53(63-38-45-27-15-5-16-28-45)50(65-49)40-59-34-41-19-7-1-8-20-41/h1-30,47-54H,31,33-40H2/t47-,48+,49-,50+,51+,52-,53+,54+/m0/s1. The number of nitrogens with zero attached hydrogens (tertiary/aromatic N) is 4. The molecule has 0 N–H and O–H groups in total. The molecule has 0 amide bonds. The summed E-state index contributed by atoms with van der Waals surface area (Å²) < 4.78 is 47.7. The first-order valence-corrected chi connectivity index (χ1v) is 22.1. The molecule has 0 aliphatic carbocycles. The molecular formula is C54H56N4O7. The molecule has 1 saturated heterocycles. The second-order valence-corrected chi connectivity index (χ2v) is 16.0. The largest absolute Gasteiger partial charge is 0.374 e. The second-order valence-electron chi connectivity index (χ2n) is 16.0. The molecule has 0 radical (unpaired) electrons. The predicted octanol–water partition coefficient (Wildman–Crippen LogP) is 10.9. The molecule has 1 aliphatic heterocycles. The molecule has 1 fully saturated rings. The summed E-state index contributed by atoms with van der Waals surface area (Å²) in [5, 5.41) is 14.6. The molecule has 0 saturated carbocycles. The van der Waals surface area contributed by atoms with E-state index in [2.05, 4.69) is 16.1 Å². The third-order valence-corrected chi connectivity index (χ3v) is 11.3. The van der Waals surface area contributed by atoms with Gasteiger partial charge in [0.05, 0.1) is 83.1 Å². The van der Waals surface area contributed by atoms with E-state index in [1.165, 1.54) is 0 Å². The molecule has 8 atom stereocenters. The Balaban J connectivity index is 1.26. The minimum atomic E-state index is -0.881. The Morgan fingerprint density at radius 2 is 0.892 bits per heavy atom. The highest BCUT2D eigenvalue weighted by atomic mass is 16.6. The highest BCUT2D eigenvalue weighted by Crippen LogP contribution is 2.35. The van der Waals surface area contributed by atoms with Gasteiger partial charge in [0.15, 0.2) is 0 Å². The van der Waals surface area contributed by atoms with Gasteiger partial charge in [-0.05, 0) is 45.3 Å². The van der Waals surface area contributed by atoms with Crippen LogP contribution in [0.25, 0.3) is 10.4 Å². The molecule has 0 bridgehead atoms. The van der Waals surface area contributed by atoms with Crippen molar-refractivity contribution in [3.63, 3.8) is 0 Å². The molecule has 1 aliphatic rings. The van der Waals surface area contributed by atoms with Gasteiger partial charge in [0.1, 0.15) is 24.4 Å². The van der Waals surface area contributed by atoms with Gasteiger partial charge in [0.2, 0.25) is 0 Å². The molecule has 11 heteroatoms. The minimum Gasteiger partial charge on any atom is -0.374 e. The van der Waals surface area contributed by atoms with Crippen LogP contribution in [-0.2, 0) is 72.8 Å². The Labute approximate surface area is 382 Å². The summed E-state index contributed by atoms with van der Waals surface area (Å²) in [6.07, 6.45) is -5.00. The molecule has 0 aromatic heterocycles. The van der Waals surface area contributed by atoms with Gasteiger partial charge in [-0.1, -0.05) is 187 Å². The molecule has 65 heavy (non-hydrogen) atoms. The van der Waals surface area contributed by atoms with Gasteiger partial charge in [0.25, 0.3) is 0 Å². The first-order valence-electron chi connectivity index (χ1n) is 22.1. The van der Waals surface area contributed by atoms with Gasteiger partial charge in [0, 0.05) is 4.91 Å². The number of rotatable bonds is 25. The van der Waals surface area contributed by atoms with Crippen LogP contribution in [0, 0.1) is 11.3 Å². The number of hydrogen-bond donors (Lipinski definition) is 0. The molecule has 0 unspecified atom stereocenters. The van der Waals surface area contributed by atoms with Crippen molar-refractivity contribution in [3.8, 4) is 6.07 Å². The van der Waals surface area contributed by atoms with Gasteiger partial charge in [-0.15, -0.1) is 0 Å². The molecule has 6 aromatic rings. The lowest BCUT2D eigenvalue weighted by molar-refractivity contribution is -0.275. The average molecular weight is 873 g/mol. The summed E-state index contributed by atoms with van der Waals surface area (Å²) in [5.41, 5.74) is 16.0. The highest BCUT2D eigenvalue weighted by Gasteiger charge is 2.50. The van der Waals surface area contributed by atoms with Crippen molar-refractivity contribution < 1.29 is 33.2 Å². The van der Waals surface area contributed by atoms with Crippen LogP contribution in [-0.4, -0.2) is 55.4 Å². The number of nitriles is 1. The zero-order valence-corrected chi connectivity index (χ0v) is 36.4. The Morgan fingerprint density at radius 1 is 0.508 bits per heavy atom. The maximum absolute atomic E-state index is 10.3. The second kappa shape index (κ2) is 26.0. The van der Waals surface area contributed by atoms with E-state index in [1.807, 2.05) is 182 Å². The Morgan fingerprint density at radius 3 is 1.32 bits per heavy atom.